The Morgan fingerprint density at radius 2 is 2.10 bits per heavy atom. The Balaban J connectivity index is 1.65. The van der Waals surface area contributed by atoms with Crippen molar-refractivity contribution in [1.29, 1.82) is 0 Å². The van der Waals surface area contributed by atoms with Crippen LogP contribution in [-0.2, 0) is 6.42 Å². The van der Waals surface area contributed by atoms with E-state index in [2.05, 4.69) is 43.4 Å². The van der Waals surface area contributed by atoms with Crippen LogP contribution >= 0.6 is 0 Å². The van der Waals surface area contributed by atoms with Crippen molar-refractivity contribution in [3.63, 3.8) is 0 Å². The van der Waals surface area contributed by atoms with Crippen LogP contribution in [0.2, 0.25) is 0 Å². The maximum atomic E-state index is 3.74. The number of benzene rings is 1. The molecule has 0 bridgehead atoms. The molecule has 116 valence electrons. The van der Waals surface area contributed by atoms with Crippen LogP contribution in [0.1, 0.15) is 75.8 Å². The lowest BCUT2D eigenvalue weighted by molar-refractivity contribution is 0.261. The molecule has 1 saturated carbocycles. The number of rotatable bonds is 5. The first-order chi connectivity index (χ1) is 10.2. The molecule has 2 aliphatic rings. The van der Waals surface area contributed by atoms with Crippen LogP contribution < -0.4 is 5.32 Å². The van der Waals surface area contributed by atoms with E-state index in [1.807, 2.05) is 0 Å². The van der Waals surface area contributed by atoms with E-state index in [4.69, 9.17) is 0 Å². The lowest BCUT2D eigenvalue weighted by Crippen LogP contribution is -2.29. The molecule has 0 amide bonds. The van der Waals surface area contributed by atoms with Crippen LogP contribution in [0.4, 0.5) is 0 Å². The van der Waals surface area contributed by atoms with Crippen molar-refractivity contribution < 1.29 is 0 Å². The van der Waals surface area contributed by atoms with Gasteiger partial charge in [0.2, 0.25) is 0 Å². The third kappa shape index (κ3) is 3.51. The van der Waals surface area contributed by atoms with Gasteiger partial charge in [0.15, 0.2) is 0 Å². The summed E-state index contributed by atoms with van der Waals surface area (Å²) in [4.78, 5) is 0. The molecule has 1 aromatic carbocycles. The summed E-state index contributed by atoms with van der Waals surface area (Å²) in [6.07, 6.45) is 10.9. The first kappa shape index (κ1) is 15.1. The normalized spacial score (nSPS) is 32.1. The minimum Gasteiger partial charge on any atom is -0.314 e. The summed E-state index contributed by atoms with van der Waals surface area (Å²) in [7, 11) is 0. The van der Waals surface area contributed by atoms with E-state index < -0.39 is 0 Å². The zero-order valence-corrected chi connectivity index (χ0v) is 13.8. The second kappa shape index (κ2) is 6.52. The van der Waals surface area contributed by atoms with Gasteiger partial charge in [0.05, 0.1) is 0 Å². The Labute approximate surface area is 130 Å². The summed E-state index contributed by atoms with van der Waals surface area (Å²) in [6.45, 7) is 5.99. The summed E-state index contributed by atoms with van der Waals surface area (Å²) in [5, 5.41) is 3.74. The molecule has 21 heavy (non-hydrogen) atoms. The molecule has 0 saturated heterocycles. The van der Waals surface area contributed by atoms with Crippen LogP contribution in [0.15, 0.2) is 24.3 Å². The molecule has 3 unspecified atom stereocenters. The molecule has 0 aromatic heterocycles. The van der Waals surface area contributed by atoms with Gasteiger partial charge in [0.25, 0.3) is 0 Å². The maximum Gasteiger partial charge on any atom is 0.00724 e. The Morgan fingerprint density at radius 3 is 2.95 bits per heavy atom. The second-order valence-corrected chi connectivity index (χ2v) is 7.70. The summed E-state index contributed by atoms with van der Waals surface area (Å²) in [6, 6.07) is 9.96. The molecule has 1 heteroatoms. The fourth-order valence-corrected chi connectivity index (χ4v) is 4.69. The summed E-state index contributed by atoms with van der Waals surface area (Å²) in [5.41, 5.74) is 3.84. The minimum atomic E-state index is 0.556. The Hall–Kier alpha value is -0.820. The van der Waals surface area contributed by atoms with E-state index in [0.29, 0.717) is 5.41 Å². The standard InChI is InChI=1S/C20H31N/c1-3-13-21-18-11-12-20(2,15-18)14-17-9-6-8-16-7-4-5-10-19(16)17/h4-5,7,10,17-18,21H,3,6,8-9,11-15H2,1-2H3. The molecule has 0 aliphatic heterocycles. The van der Waals surface area contributed by atoms with E-state index >= 15 is 0 Å². The van der Waals surface area contributed by atoms with Crippen molar-refractivity contribution in [2.75, 3.05) is 6.54 Å². The lowest BCUT2D eigenvalue weighted by atomic mass is 9.72. The van der Waals surface area contributed by atoms with Gasteiger partial charge in [-0.15, -0.1) is 0 Å². The quantitative estimate of drug-likeness (QED) is 0.798. The molecule has 0 spiro atoms. The maximum absolute atomic E-state index is 3.74. The fourth-order valence-electron chi connectivity index (χ4n) is 4.69. The molecule has 3 rings (SSSR count). The Kier molecular flexibility index (Phi) is 4.69. The summed E-state index contributed by atoms with van der Waals surface area (Å²) in [5.74, 6) is 0.810. The molecule has 0 heterocycles. The predicted octanol–water partition coefficient (Wildman–Crippen LogP) is 5.06. The molecular weight excluding hydrogens is 254 g/mol. The van der Waals surface area contributed by atoms with E-state index in [1.165, 1.54) is 57.9 Å². The van der Waals surface area contributed by atoms with Gasteiger partial charge in [-0.2, -0.15) is 0 Å². The highest BCUT2D eigenvalue weighted by Crippen LogP contribution is 2.47. The highest BCUT2D eigenvalue weighted by atomic mass is 14.9. The van der Waals surface area contributed by atoms with Gasteiger partial charge in [-0.05, 0) is 80.4 Å². The van der Waals surface area contributed by atoms with Crippen molar-refractivity contribution in [2.45, 2.75) is 77.2 Å². The van der Waals surface area contributed by atoms with Gasteiger partial charge < -0.3 is 5.32 Å². The molecular formula is C20H31N. The smallest absolute Gasteiger partial charge is 0.00724 e. The Morgan fingerprint density at radius 1 is 1.24 bits per heavy atom. The first-order valence-electron chi connectivity index (χ1n) is 9.01. The number of aryl methyl sites for hydroxylation is 1. The molecule has 1 N–H and O–H groups in total. The number of fused-ring (bicyclic) bond motifs is 1. The van der Waals surface area contributed by atoms with Crippen LogP contribution in [0, 0.1) is 5.41 Å². The number of hydrogen-bond donors (Lipinski definition) is 1. The van der Waals surface area contributed by atoms with Crippen molar-refractivity contribution >= 4 is 0 Å². The Bertz CT molecular complexity index is 467. The molecule has 1 fully saturated rings. The molecule has 0 radical (unpaired) electrons. The average Bonchev–Trinajstić information content (AvgIpc) is 2.87. The van der Waals surface area contributed by atoms with Gasteiger partial charge in [0, 0.05) is 6.04 Å². The molecule has 1 nitrogen and oxygen atoms in total. The average molecular weight is 285 g/mol. The van der Waals surface area contributed by atoms with Gasteiger partial charge in [-0.1, -0.05) is 38.1 Å². The van der Waals surface area contributed by atoms with Crippen LogP contribution in [0.3, 0.4) is 0 Å². The zero-order valence-electron chi connectivity index (χ0n) is 13.8. The lowest BCUT2D eigenvalue weighted by Gasteiger charge is -2.33. The van der Waals surface area contributed by atoms with Crippen LogP contribution in [0.25, 0.3) is 0 Å². The largest absolute Gasteiger partial charge is 0.314 e. The number of hydrogen-bond acceptors (Lipinski definition) is 1. The molecule has 1 aromatic rings. The van der Waals surface area contributed by atoms with Gasteiger partial charge in [-0.25, -0.2) is 0 Å². The summed E-state index contributed by atoms with van der Waals surface area (Å²) >= 11 is 0. The van der Waals surface area contributed by atoms with Crippen molar-refractivity contribution in [3.8, 4) is 0 Å². The third-order valence-corrected chi connectivity index (χ3v) is 5.75. The topological polar surface area (TPSA) is 12.0 Å². The monoisotopic (exact) mass is 285 g/mol. The highest BCUT2D eigenvalue weighted by Gasteiger charge is 2.37. The van der Waals surface area contributed by atoms with E-state index in [0.717, 1.165) is 12.0 Å². The van der Waals surface area contributed by atoms with Crippen molar-refractivity contribution in [3.05, 3.63) is 35.4 Å². The van der Waals surface area contributed by atoms with Crippen molar-refractivity contribution in [1.82, 2.24) is 5.32 Å². The zero-order chi connectivity index (χ0) is 14.7. The van der Waals surface area contributed by atoms with Crippen LogP contribution in [-0.4, -0.2) is 12.6 Å². The van der Waals surface area contributed by atoms with Gasteiger partial charge in [0.1, 0.15) is 0 Å². The minimum absolute atomic E-state index is 0.556. The second-order valence-electron chi connectivity index (χ2n) is 7.70. The SMILES string of the molecule is CCCNC1CCC(C)(CC2CCCc3ccccc32)C1. The summed E-state index contributed by atoms with van der Waals surface area (Å²) < 4.78 is 0. The van der Waals surface area contributed by atoms with Gasteiger partial charge >= 0.3 is 0 Å². The van der Waals surface area contributed by atoms with E-state index in [1.54, 1.807) is 11.1 Å². The van der Waals surface area contributed by atoms with Crippen LogP contribution in [0.5, 0.6) is 0 Å². The highest BCUT2D eigenvalue weighted by molar-refractivity contribution is 5.32. The van der Waals surface area contributed by atoms with E-state index in [-0.39, 0.29) is 0 Å². The predicted molar refractivity (Wildman–Crippen MR) is 90.8 cm³/mol. The molecule has 2 aliphatic carbocycles. The number of nitrogens with one attached hydrogen (secondary N) is 1. The molecule has 3 atom stereocenters. The van der Waals surface area contributed by atoms with Gasteiger partial charge in [-0.3, -0.25) is 0 Å². The first-order valence-corrected chi connectivity index (χ1v) is 9.01. The van der Waals surface area contributed by atoms with E-state index in [9.17, 15) is 0 Å². The van der Waals surface area contributed by atoms with Crippen molar-refractivity contribution in [2.24, 2.45) is 5.41 Å². The third-order valence-electron chi connectivity index (χ3n) is 5.75. The fraction of sp³-hybridized carbons (Fsp3) is 0.700.